The Balaban J connectivity index is 2.12. The second kappa shape index (κ2) is 8.53. The average molecular weight is 269 g/mol. The van der Waals surface area contributed by atoms with Crippen LogP contribution < -0.4 is 10.6 Å². The van der Waals surface area contributed by atoms with Crippen LogP contribution in [0.4, 0.5) is 4.79 Å². The molecule has 19 heavy (non-hydrogen) atoms. The maximum Gasteiger partial charge on any atom is 0.326 e. The Labute approximate surface area is 113 Å². The highest BCUT2D eigenvalue weighted by atomic mass is 16.4. The van der Waals surface area contributed by atoms with Crippen molar-refractivity contribution in [2.24, 2.45) is 0 Å². The first-order valence-electron chi connectivity index (χ1n) is 6.74. The number of urea groups is 1. The lowest BCUT2D eigenvalue weighted by molar-refractivity contribution is -0.139. The van der Waals surface area contributed by atoms with Gasteiger partial charge in [0, 0.05) is 6.54 Å². The third kappa shape index (κ3) is 6.24. The summed E-state index contributed by atoms with van der Waals surface area (Å²) < 4.78 is 0. The van der Waals surface area contributed by atoms with Gasteiger partial charge in [-0.15, -0.1) is 6.58 Å². The van der Waals surface area contributed by atoms with Crippen LogP contribution in [0.1, 0.15) is 25.7 Å². The lowest BCUT2D eigenvalue weighted by Crippen LogP contribution is -2.46. The summed E-state index contributed by atoms with van der Waals surface area (Å²) in [5, 5.41) is 14.0. The highest BCUT2D eigenvalue weighted by molar-refractivity contribution is 5.82. The summed E-state index contributed by atoms with van der Waals surface area (Å²) in [6.45, 7) is 7.30. The zero-order valence-corrected chi connectivity index (χ0v) is 11.2. The van der Waals surface area contributed by atoms with Gasteiger partial charge in [-0.25, -0.2) is 9.59 Å². The molecule has 1 aliphatic heterocycles. The first-order valence-corrected chi connectivity index (χ1v) is 6.74. The minimum Gasteiger partial charge on any atom is -0.480 e. The van der Waals surface area contributed by atoms with Crippen LogP contribution in [0.25, 0.3) is 0 Å². The number of nitrogens with zero attached hydrogens (tertiary/aromatic N) is 1. The van der Waals surface area contributed by atoms with E-state index in [1.165, 1.54) is 18.9 Å². The van der Waals surface area contributed by atoms with E-state index in [0.717, 1.165) is 26.1 Å². The first kappa shape index (κ1) is 15.5. The molecule has 0 aliphatic carbocycles. The second-order valence-electron chi connectivity index (χ2n) is 4.72. The van der Waals surface area contributed by atoms with E-state index < -0.39 is 18.0 Å². The van der Waals surface area contributed by atoms with Crippen molar-refractivity contribution in [3.05, 3.63) is 12.7 Å². The number of rotatable bonds is 8. The van der Waals surface area contributed by atoms with Crippen LogP contribution in [-0.4, -0.2) is 54.2 Å². The van der Waals surface area contributed by atoms with Crippen molar-refractivity contribution in [3.63, 3.8) is 0 Å². The molecular weight excluding hydrogens is 246 g/mol. The van der Waals surface area contributed by atoms with Crippen molar-refractivity contribution >= 4 is 12.0 Å². The first-order chi connectivity index (χ1) is 9.13. The Hall–Kier alpha value is -1.56. The van der Waals surface area contributed by atoms with Gasteiger partial charge in [-0.1, -0.05) is 6.08 Å². The van der Waals surface area contributed by atoms with Crippen LogP contribution in [0.3, 0.4) is 0 Å². The molecule has 0 aromatic heterocycles. The van der Waals surface area contributed by atoms with Gasteiger partial charge in [-0.2, -0.15) is 0 Å². The highest BCUT2D eigenvalue weighted by Crippen LogP contribution is 2.06. The van der Waals surface area contributed by atoms with Gasteiger partial charge in [0.25, 0.3) is 0 Å². The van der Waals surface area contributed by atoms with Gasteiger partial charge >= 0.3 is 12.0 Å². The van der Waals surface area contributed by atoms with Gasteiger partial charge in [-0.05, 0) is 45.3 Å². The number of aliphatic carboxylic acids is 1. The highest BCUT2D eigenvalue weighted by Gasteiger charge is 2.17. The number of hydrogen-bond acceptors (Lipinski definition) is 3. The maximum atomic E-state index is 11.5. The van der Waals surface area contributed by atoms with E-state index >= 15 is 0 Å². The van der Waals surface area contributed by atoms with Crippen molar-refractivity contribution in [3.8, 4) is 0 Å². The van der Waals surface area contributed by atoms with Crippen LogP contribution in [0.5, 0.6) is 0 Å². The minimum absolute atomic E-state index is 0.219. The molecule has 1 unspecified atom stereocenters. The van der Waals surface area contributed by atoms with Crippen LogP contribution >= 0.6 is 0 Å². The second-order valence-corrected chi connectivity index (χ2v) is 4.72. The monoisotopic (exact) mass is 269 g/mol. The fourth-order valence-corrected chi connectivity index (χ4v) is 2.11. The molecule has 1 rings (SSSR count). The number of carboxylic acids is 1. The molecule has 2 amide bonds. The van der Waals surface area contributed by atoms with Crippen LogP contribution in [-0.2, 0) is 4.79 Å². The number of hydrogen-bond donors (Lipinski definition) is 3. The molecule has 0 spiro atoms. The third-order valence-electron chi connectivity index (χ3n) is 3.14. The Bertz CT molecular complexity index is 314. The number of carbonyl (C=O) groups is 2. The summed E-state index contributed by atoms with van der Waals surface area (Å²) in [7, 11) is 0. The largest absolute Gasteiger partial charge is 0.480 e. The van der Waals surface area contributed by atoms with Gasteiger partial charge in [0.2, 0.25) is 0 Å². The van der Waals surface area contributed by atoms with Crippen molar-refractivity contribution in [1.29, 1.82) is 0 Å². The zero-order valence-electron chi connectivity index (χ0n) is 11.2. The Morgan fingerprint density at radius 2 is 2.05 bits per heavy atom. The molecule has 0 aromatic rings. The van der Waals surface area contributed by atoms with E-state index in [9.17, 15) is 9.59 Å². The number of carboxylic acid groups (broad SMARTS) is 1. The minimum atomic E-state index is -1.05. The number of likely N-dealkylation sites (tertiary alicyclic amines) is 1. The fraction of sp³-hybridized carbons (Fsp3) is 0.692. The molecule has 1 atom stereocenters. The van der Waals surface area contributed by atoms with Gasteiger partial charge in [-0.3, -0.25) is 0 Å². The van der Waals surface area contributed by atoms with Gasteiger partial charge < -0.3 is 20.6 Å². The van der Waals surface area contributed by atoms with Crippen LogP contribution in [0, 0.1) is 0 Å². The molecule has 0 aromatic carbocycles. The summed E-state index contributed by atoms with van der Waals surface area (Å²) >= 11 is 0. The number of nitrogens with one attached hydrogen (secondary N) is 2. The van der Waals surface area contributed by atoms with Crippen LogP contribution in [0.2, 0.25) is 0 Å². The predicted molar refractivity (Wildman–Crippen MR) is 73.1 cm³/mol. The molecule has 1 aliphatic rings. The molecule has 0 bridgehead atoms. The molecule has 1 fully saturated rings. The Kier molecular flexibility index (Phi) is 6.95. The summed E-state index contributed by atoms with van der Waals surface area (Å²) in [6, 6.07) is -1.34. The van der Waals surface area contributed by atoms with E-state index in [1.807, 2.05) is 0 Å². The van der Waals surface area contributed by atoms with Crippen LogP contribution in [0.15, 0.2) is 12.7 Å². The topological polar surface area (TPSA) is 81.7 Å². The zero-order chi connectivity index (χ0) is 14.1. The van der Waals surface area contributed by atoms with Crippen molar-refractivity contribution < 1.29 is 14.7 Å². The average Bonchev–Trinajstić information content (AvgIpc) is 2.87. The SMILES string of the molecule is C=CCC(NC(=O)NCCCN1CCCC1)C(=O)O. The summed E-state index contributed by atoms with van der Waals surface area (Å²) in [5.41, 5.74) is 0. The fourth-order valence-electron chi connectivity index (χ4n) is 2.11. The van der Waals surface area contributed by atoms with Gasteiger partial charge in [0.1, 0.15) is 6.04 Å². The van der Waals surface area contributed by atoms with E-state index in [4.69, 9.17) is 5.11 Å². The molecule has 0 radical (unpaired) electrons. The normalized spacial score (nSPS) is 16.8. The van der Waals surface area contributed by atoms with Crippen molar-refractivity contribution in [1.82, 2.24) is 15.5 Å². The molecule has 3 N–H and O–H groups in total. The lowest BCUT2D eigenvalue weighted by Gasteiger charge is -2.16. The molecular formula is C13H23N3O3. The molecule has 1 saturated heterocycles. The van der Waals surface area contributed by atoms with Crippen molar-refractivity contribution in [2.45, 2.75) is 31.7 Å². The maximum absolute atomic E-state index is 11.5. The van der Waals surface area contributed by atoms with E-state index in [0.29, 0.717) is 6.54 Å². The summed E-state index contributed by atoms with van der Waals surface area (Å²) in [6.07, 6.45) is 5.10. The molecule has 6 heteroatoms. The van der Waals surface area contributed by atoms with Crippen molar-refractivity contribution in [2.75, 3.05) is 26.2 Å². The quantitative estimate of drug-likeness (QED) is 0.450. The summed E-state index contributed by atoms with van der Waals surface area (Å²) in [4.78, 5) is 24.7. The van der Waals surface area contributed by atoms with Gasteiger partial charge in [0.05, 0.1) is 0 Å². The molecule has 108 valence electrons. The van der Waals surface area contributed by atoms with E-state index in [1.54, 1.807) is 0 Å². The third-order valence-corrected chi connectivity index (χ3v) is 3.14. The predicted octanol–water partition coefficient (Wildman–Crippen LogP) is 0.801. The molecule has 1 heterocycles. The van der Waals surface area contributed by atoms with Gasteiger partial charge in [0.15, 0.2) is 0 Å². The molecule has 0 saturated carbocycles. The molecule has 6 nitrogen and oxygen atoms in total. The number of carbonyl (C=O) groups excluding carboxylic acids is 1. The number of amides is 2. The smallest absolute Gasteiger partial charge is 0.326 e. The van der Waals surface area contributed by atoms with E-state index in [-0.39, 0.29) is 6.42 Å². The Morgan fingerprint density at radius 1 is 1.37 bits per heavy atom. The van der Waals surface area contributed by atoms with E-state index in [2.05, 4.69) is 22.1 Å². The summed E-state index contributed by atoms with van der Waals surface area (Å²) in [5.74, 6) is -1.05. The Morgan fingerprint density at radius 3 is 2.63 bits per heavy atom. The lowest BCUT2D eigenvalue weighted by atomic mass is 10.2. The standard InChI is InChI=1S/C13H23N3O3/c1-2-6-11(12(17)18)15-13(19)14-7-5-10-16-8-3-4-9-16/h2,11H,1,3-10H2,(H,17,18)(H2,14,15,19).